The van der Waals surface area contributed by atoms with Gasteiger partial charge in [-0.25, -0.2) is 4.39 Å². The first-order valence-electron chi connectivity index (χ1n) is 1.57. The van der Waals surface area contributed by atoms with E-state index in [2.05, 4.69) is 4.52 Å². The van der Waals surface area contributed by atoms with Gasteiger partial charge < -0.3 is 4.89 Å². The molecule has 0 aromatic heterocycles. The standard InChI is InChI=1S/C2H6FO3P/c1-7(4,5)6-2-3/h2H2,1H3,(H,4,5). The van der Waals surface area contributed by atoms with Crippen LogP contribution < -0.4 is 0 Å². The number of alkyl halides is 1. The fourth-order valence-corrected chi connectivity index (χ4v) is 0.272. The molecule has 0 bridgehead atoms. The molecule has 1 unspecified atom stereocenters. The van der Waals surface area contributed by atoms with E-state index >= 15 is 0 Å². The van der Waals surface area contributed by atoms with Crippen molar-refractivity contribution in [1.82, 2.24) is 0 Å². The van der Waals surface area contributed by atoms with Crippen molar-refractivity contribution < 1.29 is 18.4 Å². The fourth-order valence-electron chi connectivity index (χ4n) is 0.0905. The molecular weight excluding hydrogens is 122 g/mol. The largest absolute Gasteiger partial charge is 0.327 e. The van der Waals surface area contributed by atoms with Gasteiger partial charge in [0.25, 0.3) is 0 Å². The van der Waals surface area contributed by atoms with Crippen molar-refractivity contribution in [2.75, 3.05) is 13.5 Å². The molecule has 3 nitrogen and oxygen atoms in total. The van der Waals surface area contributed by atoms with E-state index in [4.69, 9.17) is 4.89 Å². The second-order valence-corrected chi connectivity index (χ2v) is 2.91. The summed E-state index contributed by atoms with van der Waals surface area (Å²) in [6.07, 6.45) is 0. The van der Waals surface area contributed by atoms with Crippen molar-refractivity contribution in [2.24, 2.45) is 0 Å². The van der Waals surface area contributed by atoms with Crippen molar-refractivity contribution in [1.29, 1.82) is 0 Å². The fraction of sp³-hybridized carbons (Fsp3) is 1.00. The highest BCUT2D eigenvalue weighted by Crippen LogP contribution is 2.35. The van der Waals surface area contributed by atoms with E-state index in [1.54, 1.807) is 0 Å². The third-order valence-electron chi connectivity index (χ3n) is 0.288. The molecule has 0 aliphatic rings. The lowest BCUT2D eigenvalue weighted by atomic mass is 11.6. The SMILES string of the molecule is CP(=O)(O)OCF. The highest BCUT2D eigenvalue weighted by molar-refractivity contribution is 7.51. The van der Waals surface area contributed by atoms with E-state index in [1.807, 2.05) is 0 Å². The molecule has 5 heteroatoms. The van der Waals surface area contributed by atoms with Crippen molar-refractivity contribution >= 4 is 7.60 Å². The zero-order valence-corrected chi connectivity index (χ0v) is 4.69. The maximum absolute atomic E-state index is 10.9. The molecule has 1 N–H and O–H groups in total. The Bertz CT molecular complexity index is 86.9. The van der Waals surface area contributed by atoms with E-state index in [0.717, 1.165) is 6.66 Å². The lowest BCUT2D eigenvalue weighted by Crippen LogP contribution is -1.82. The van der Waals surface area contributed by atoms with Crippen molar-refractivity contribution in [3.05, 3.63) is 0 Å². The first-order chi connectivity index (χ1) is 3.06. The van der Waals surface area contributed by atoms with Crippen LogP contribution >= 0.6 is 7.60 Å². The first kappa shape index (κ1) is 7.08. The predicted molar refractivity (Wildman–Crippen MR) is 22.8 cm³/mol. The lowest BCUT2D eigenvalue weighted by Gasteiger charge is -1.98. The second kappa shape index (κ2) is 2.40. The molecule has 44 valence electrons. The van der Waals surface area contributed by atoms with Gasteiger partial charge in [-0.2, -0.15) is 0 Å². The summed E-state index contributed by atoms with van der Waals surface area (Å²) in [4.78, 5) is 8.11. The Morgan fingerprint density at radius 1 is 2.00 bits per heavy atom. The minimum atomic E-state index is -3.54. The Morgan fingerprint density at radius 2 is 2.43 bits per heavy atom. The molecule has 0 aromatic rings. The quantitative estimate of drug-likeness (QED) is 0.558. The summed E-state index contributed by atoms with van der Waals surface area (Å²) in [6.45, 7) is -0.281. The molecule has 0 aliphatic heterocycles. The summed E-state index contributed by atoms with van der Waals surface area (Å²) < 4.78 is 24.5. The van der Waals surface area contributed by atoms with Gasteiger partial charge in [-0.05, 0) is 0 Å². The molecule has 0 aliphatic carbocycles. The average Bonchev–Trinajstić information content (AvgIpc) is 1.30. The van der Waals surface area contributed by atoms with Crippen LogP contribution in [0.2, 0.25) is 0 Å². The van der Waals surface area contributed by atoms with E-state index in [0.29, 0.717) is 0 Å². The van der Waals surface area contributed by atoms with E-state index < -0.39 is 14.5 Å². The molecule has 0 aromatic carbocycles. The van der Waals surface area contributed by atoms with Gasteiger partial charge in [0.2, 0.25) is 0 Å². The highest BCUT2D eigenvalue weighted by Gasteiger charge is 2.07. The smallest absolute Gasteiger partial charge is 0.324 e. The van der Waals surface area contributed by atoms with Crippen LogP contribution in [0.3, 0.4) is 0 Å². The molecular formula is C2H6FO3P. The minimum Gasteiger partial charge on any atom is -0.324 e. The molecule has 0 saturated heterocycles. The molecule has 0 saturated carbocycles. The van der Waals surface area contributed by atoms with Crippen LogP contribution in [-0.4, -0.2) is 18.4 Å². The first-order valence-corrected chi connectivity index (χ1v) is 3.59. The van der Waals surface area contributed by atoms with E-state index in [9.17, 15) is 8.96 Å². The van der Waals surface area contributed by atoms with Crippen molar-refractivity contribution in [3.63, 3.8) is 0 Å². The normalized spacial score (nSPS) is 18.7. The van der Waals surface area contributed by atoms with Gasteiger partial charge >= 0.3 is 7.60 Å². The summed E-state index contributed by atoms with van der Waals surface area (Å²) in [7, 11) is -3.54. The van der Waals surface area contributed by atoms with Gasteiger partial charge in [0, 0.05) is 6.66 Å². The van der Waals surface area contributed by atoms with Gasteiger partial charge in [0.1, 0.15) is 0 Å². The Kier molecular flexibility index (Phi) is 2.43. The zero-order valence-electron chi connectivity index (χ0n) is 3.80. The average molecular weight is 128 g/mol. The van der Waals surface area contributed by atoms with Crippen molar-refractivity contribution in [2.45, 2.75) is 0 Å². The van der Waals surface area contributed by atoms with Gasteiger partial charge in [-0.15, -0.1) is 0 Å². The molecule has 0 fully saturated rings. The van der Waals surface area contributed by atoms with Crippen LogP contribution in [0.25, 0.3) is 0 Å². The zero-order chi connectivity index (χ0) is 5.91. The van der Waals surface area contributed by atoms with Crippen LogP contribution in [0.1, 0.15) is 0 Å². The molecule has 0 radical (unpaired) electrons. The number of hydrogen-bond donors (Lipinski definition) is 1. The van der Waals surface area contributed by atoms with Crippen LogP contribution in [0.5, 0.6) is 0 Å². The monoisotopic (exact) mass is 128 g/mol. The van der Waals surface area contributed by atoms with Crippen molar-refractivity contribution in [3.8, 4) is 0 Å². The van der Waals surface area contributed by atoms with Gasteiger partial charge in [0.05, 0.1) is 0 Å². The Balaban J connectivity index is 3.36. The Hall–Kier alpha value is 0.0800. The van der Waals surface area contributed by atoms with E-state index in [-0.39, 0.29) is 0 Å². The molecule has 1 atom stereocenters. The summed E-state index contributed by atoms with van der Waals surface area (Å²) in [5, 5.41) is 0. The van der Waals surface area contributed by atoms with Gasteiger partial charge in [-0.1, -0.05) is 0 Å². The summed E-state index contributed by atoms with van der Waals surface area (Å²) in [6, 6.07) is 0. The number of rotatable bonds is 2. The third kappa shape index (κ3) is 6.08. The van der Waals surface area contributed by atoms with Crippen LogP contribution in [0, 0.1) is 0 Å². The topological polar surface area (TPSA) is 46.5 Å². The second-order valence-electron chi connectivity index (χ2n) is 1.04. The molecule has 0 heterocycles. The number of halogens is 1. The van der Waals surface area contributed by atoms with Crippen LogP contribution in [0.15, 0.2) is 0 Å². The molecule has 0 rings (SSSR count). The van der Waals surface area contributed by atoms with E-state index in [1.165, 1.54) is 0 Å². The Labute approximate surface area is 40.6 Å². The third-order valence-corrected chi connectivity index (χ3v) is 0.865. The lowest BCUT2D eigenvalue weighted by molar-refractivity contribution is 0.170. The molecule has 7 heavy (non-hydrogen) atoms. The molecule has 0 spiro atoms. The maximum atomic E-state index is 10.9. The summed E-state index contributed by atoms with van der Waals surface area (Å²) >= 11 is 0. The van der Waals surface area contributed by atoms with Gasteiger partial charge in [0.15, 0.2) is 6.86 Å². The number of hydrogen-bond acceptors (Lipinski definition) is 2. The predicted octanol–water partition coefficient (Wildman–Crippen LogP) is 0.745. The minimum absolute atomic E-state index is 0.923. The summed E-state index contributed by atoms with van der Waals surface area (Å²) in [5.41, 5.74) is 0. The summed E-state index contributed by atoms with van der Waals surface area (Å²) in [5.74, 6) is 0. The van der Waals surface area contributed by atoms with Crippen LogP contribution in [0.4, 0.5) is 4.39 Å². The molecule has 0 amide bonds. The Morgan fingerprint density at radius 3 is 2.43 bits per heavy atom. The van der Waals surface area contributed by atoms with Crippen LogP contribution in [-0.2, 0) is 9.09 Å². The highest BCUT2D eigenvalue weighted by atomic mass is 31.2. The van der Waals surface area contributed by atoms with Gasteiger partial charge in [-0.3, -0.25) is 9.09 Å². The maximum Gasteiger partial charge on any atom is 0.327 e.